The number of rotatable bonds is 3. The zero-order chi connectivity index (χ0) is 15.6. The summed E-state index contributed by atoms with van der Waals surface area (Å²) in [5, 5.41) is 29.9. The summed E-state index contributed by atoms with van der Waals surface area (Å²) in [7, 11) is -0.557. The van der Waals surface area contributed by atoms with Crippen LogP contribution in [0.2, 0.25) is 6.82 Å². The molecule has 0 aromatic heterocycles. The van der Waals surface area contributed by atoms with E-state index in [0.717, 1.165) is 18.5 Å². The third-order valence-corrected chi connectivity index (χ3v) is 3.71. The number of hydrogen-bond donors (Lipinski definition) is 1. The van der Waals surface area contributed by atoms with Crippen molar-refractivity contribution in [3.63, 3.8) is 0 Å². The number of nitrogens with zero attached hydrogens (tertiary/aromatic N) is 3. The molecule has 2 rings (SSSR count). The van der Waals surface area contributed by atoms with Crippen LogP contribution in [0.4, 0.5) is 5.69 Å². The number of nitro groups is 1. The summed E-state index contributed by atoms with van der Waals surface area (Å²) in [6.07, 6.45) is 2.81. The summed E-state index contributed by atoms with van der Waals surface area (Å²) in [5.74, 6) is 0. The van der Waals surface area contributed by atoms with Crippen LogP contribution < -0.4 is 0 Å². The maximum Gasteiger partial charge on any atom is 0.376 e. The molecule has 108 valence electrons. The van der Waals surface area contributed by atoms with Gasteiger partial charge in [0.15, 0.2) is 0 Å². The second-order valence-electron chi connectivity index (χ2n) is 5.17. The molecule has 0 aliphatic carbocycles. The van der Waals surface area contributed by atoms with Crippen LogP contribution in [0.1, 0.15) is 23.1 Å². The molecule has 0 unspecified atom stereocenters. The zero-order valence-corrected chi connectivity index (χ0v) is 12.0. The summed E-state index contributed by atoms with van der Waals surface area (Å²) < 4.78 is 0. The Hall–Kier alpha value is -2.17. The summed E-state index contributed by atoms with van der Waals surface area (Å²) in [6, 6.07) is 5.05. The molecule has 0 amide bonds. The SMILES string of the molecule is CB(O)N1CCC=C(c2cc(C)c([N+](=O)[O-])cc2C#N)C1. The van der Waals surface area contributed by atoms with Crippen molar-refractivity contribution < 1.29 is 9.95 Å². The van der Waals surface area contributed by atoms with Gasteiger partial charge in [-0.15, -0.1) is 0 Å². The lowest BCUT2D eigenvalue weighted by Crippen LogP contribution is -2.40. The Morgan fingerprint density at radius 2 is 2.24 bits per heavy atom. The highest BCUT2D eigenvalue weighted by Crippen LogP contribution is 2.29. The van der Waals surface area contributed by atoms with Crippen molar-refractivity contribution in [2.24, 2.45) is 0 Å². The Labute approximate surface area is 123 Å². The van der Waals surface area contributed by atoms with Crippen molar-refractivity contribution in [3.05, 3.63) is 45.0 Å². The second-order valence-corrected chi connectivity index (χ2v) is 5.17. The van der Waals surface area contributed by atoms with E-state index in [1.54, 1.807) is 19.8 Å². The Morgan fingerprint density at radius 3 is 2.81 bits per heavy atom. The van der Waals surface area contributed by atoms with E-state index in [0.29, 0.717) is 23.2 Å². The predicted octanol–water partition coefficient (Wildman–Crippen LogP) is 1.97. The van der Waals surface area contributed by atoms with Crippen LogP contribution in [0.15, 0.2) is 18.2 Å². The van der Waals surface area contributed by atoms with E-state index in [4.69, 9.17) is 0 Å². The average molecular weight is 285 g/mol. The van der Waals surface area contributed by atoms with Gasteiger partial charge in [0.05, 0.1) is 10.5 Å². The summed E-state index contributed by atoms with van der Waals surface area (Å²) in [6.45, 7) is 4.66. The van der Waals surface area contributed by atoms with Crippen molar-refractivity contribution in [3.8, 4) is 6.07 Å². The van der Waals surface area contributed by atoms with Gasteiger partial charge in [-0.25, -0.2) is 0 Å². The predicted molar refractivity (Wildman–Crippen MR) is 80.6 cm³/mol. The summed E-state index contributed by atoms with van der Waals surface area (Å²) in [5.41, 5.74) is 2.43. The van der Waals surface area contributed by atoms with E-state index in [2.05, 4.69) is 0 Å². The van der Waals surface area contributed by atoms with E-state index < -0.39 is 12.0 Å². The van der Waals surface area contributed by atoms with Gasteiger partial charge in [0.25, 0.3) is 5.69 Å². The molecule has 0 atom stereocenters. The lowest BCUT2D eigenvalue weighted by Gasteiger charge is -2.28. The quantitative estimate of drug-likeness (QED) is 0.521. The maximum absolute atomic E-state index is 11.0. The Balaban J connectivity index is 2.45. The van der Waals surface area contributed by atoms with Crippen molar-refractivity contribution >= 4 is 18.3 Å². The van der Waals surface area contributed by atoms with Crippen LogP contribution in [-0.2, 0) is 0 Å². The zero-order valence-electron chi connectivity index (χ0n) is 12.0. The molecule has 21 heavy (non-hydrogen) atoms. The molecule has 7 heteroatoms. The highest BCUT2D eigenvalue weighted by Gasteiger charge is 2.23. The molecule has 0 saturated carbocycles. The van der Waals surface area contributed by atoms with Gasteiger partial charge in [0.1, 0.15) is 6.07 Å². The first-order valence-corrected chi connectivity index (χ1v) is 6.74. The average Bonchev–Trinajstić information content (AvgIpc) is 2.46. The molecule has 0 saturated heterocycles. The van der Waals surface area contributed by atoms with Crippen LogP contribution in [-0.4, -0.2) is 34.9 Å². The maximum atomic E-state index is 11.0. The molecule has 1 aliphatic heterocycles. The third kappa shape index (κ3) is 3.12. The molecule has 1 heterocycles. The fourth-order valence-electron chi connectivity index (χ4n) is 2.53. The van der Waals surface area contributed by atoms with Gasteiger partial charge in [-0.05, 0) is 43.9 Å². The molecule has 1 aromatic rings. The van der Waals surface area contributed by atoms with Gasteiger partial charge in [0.2, 0.25) is 0 Å². The van der Waals surface area contributed by atoms with Gasteiger partial charge >= 0.3 is 7.05 Å². The first-order valence-electron chi connectivity index (χ1n) is 6.74. The molecule has 0 fully saturated rings. The van der Waals surface area contributed by atoms with Crippen molar-refractivity contribution in [2.45, 2.75) is 20.2 Å². The van der Waals surface area contributed by atoms with Crippen molar-refractivity contribution in [2.75, 3.05) is 13.1 Å². The van der Waals surface area contributed by atoms with Crippen molar-refractivity contribution in [1.82, 2.24) is 4.81 Å². The summed E-state index contributed by atoms with van der Waals surface area (Å²) in [4.78, 5) is 12.4. The number of nitro benzene ring substituents is 1. The minimum atomic E-state index is -0.557. The lowest BCUT2D eigenvalue weighted by atomic mass is 9.81. The number of nitriles is 1. The molecule has 1 N–H and O–H groups in total. The van der Waals surface area contributed by atoms with Crippen LogP contribution in [0, 0.1) is 28.4 Å². The van der Waals surface area contributed by atoms with Crippen molar-refractivity contribution in [1.29, 1.82) is 5.26 Å². The standard InChI is InChI=1S/C14H16BN3O3/c1-10-6-13(12(8-16)7-14(10)18(20)21)11-4-3-5-17(9-11)15(2)19/h4,6-7,19H,3,5,9H2,1-2H3. The highest BCUT2D eigenvalue weighted by atomic mass is 16.6. The highest BCUT2D eigenvalue weighted by molar-refractivity contribution is 6.45. The smallest absolute Gasteiger partial charge is 0.376 e. The van der Waals surface area contributed by atoms with Gasteiger partial charge in [0, 0.05) is 18.2 Å². The molecule has 0 spiro atoms. The number of benzene rings is 1. The fraction of sp³-hybridized carbons (Fsp3) is 0.357. The Morgan fingerprint density at radius 1 is 1.52 bits per heavy atom. The normalized spacial score (nSPS) is 15.2. The summed E-state index contributed by atoms with van der Waals surface area (Å²) >= 11 is 0. The molecular weight excluding hydrogens is 269 g/mol. The molecule has 0 bridgehead atoms. The van der Waals surface area contributed by atoms with Gasteiger partial charge in [-0.2, -0.15) is 5.26 Å². The fourth-order valence-corrected chi connectivity index (χ4v) is 2.53. The van der Waals surface area contributed by atoms with E-state index in [9.17, 15) is 20.4 Å². The molecule has 1 aromatic carbocycles. The Kier molecular flexibility index (Phi) is 4.41. The van der Waals surface area contributed by atoms with E-state index >= 15 is 0 Å². The van der Waals surface area contributed by atoms with E-state index in [-0.39, 0.29) is 5.69 Å². The molecule has 0 radical (unpaired) electrons. The monoisotopic (exact) mass is 285 g/mol. The van der Waals surface area contributed by atoms with Gasteiger partial charge < -0.3 is 9.83 Å². The van der Waals surface area contributed by atoms with Crippen LogP contribution in [0.5, 0.6) is 0 Å². The molecule has 6 nitrogen and oxygen atoms in total. The number of aryl methyl sites for hydroxylation is 1. The van der Waals surface area contributed by atoms with Gasteiger partial charge in [-0.3, -0.25) is 10.1 Å². The van der Waals surface area contributed by atoms with Crippen LogP contribution in [0.25, 0.3) is 5.57 Å². The minimum absolute atomic E-state index is 0.0425. The van der Waals surface area contributed by atoms with Crippen LogP contribution in [0.3, 0.4) is 0 Å². The van der Waals surface area contributed by atoms with E-state index in [1.807, 2.05) is 17.0 Å². The first kappa shape index (κ1) is 15.2. The molecular formula is C14H16BN3O3. The number of hydrogen-bond acceptors (Lipinski definition) is 5. The third-order valence-electron chi connectivity index (χ3n) is 3.71. The first-order chi connectivity index (χ1) is 9.93. The lowest BCUT2D eigenvalue weighted by molar-refractivity contribution is -0.385. The van der Waals surface area contributed by atoms with E-state index in [1.165, 1.54) is 6.07 Å². The minimum Gasteiger partial charge on any atom is -0.437 e. The topological polar surface area (TPSA) is 90.4 Å². The molecule has 1 aliphatic rings. The Bertz CT molecular complexity index is 650. The van der Waals surface area contributed by atoms with Gasteiger partial charge in [-0.1, -0.05) is 6.08 Å². The largest absolute Gasteiger partial charge is 0.437 e. The van der Waals surface area contributed by atoms with Crippen LogP contribution >= 0.6 is 0 Å². The second kappa shape index (κ2) is 6.08.